The van der Waals surface area contributed by atoms with Gasteiger partial charge >= 0.3 is 0 Å². The Kier molecular flexibility index (Phi) is 8.48. The summed E-state index contributed by atoms with van der Waals surface area (Å²) in [5.74, 6) is 1.53. The molecule has 2 heterocycles. The fourth-order valence-electron chi connectivity index (χ4n) is 2.55. The van der Waals surface area contributed by atoms with Crippen LogP contribution in [0.5, 0.6) is 0 Å². The average molecular weight is 431 g/mol. The average Bonchev–Trinajstić information content (AvgIpc) is 2.92. The number of carbonyl (C=O) groups is 1. The first kappa shape index (κ1) is 22.7. The van der Waals surface area contributed by atoms with Gasteiger partial charge in [0.15, 0.2) is 5.76 Å². The number of thiophene rings is 1. The number of aliphatic imine (C=N–C) groups is 1. The number of carbonyl (C=O) groups excluding carboxylic acids is 1. The number of rotatable bonds is 8. The molecule has 0 bridgehead atoms. The van der Waals surface area contributed by atoms with E-state index in [1.165, 1.54) is 11.8 Å². The van der Waals surface area contributed by atoms with Crippen LogP contribution in [0, 0.1) is 6.92 Å². The summed E-state index contributed by atoms with van der Waals surface area (Å²) in [4.78, 5) is 24.7. The van der Waals surface area contributed by atoms with E-state index in [1.54, 1.807) is 37.6 Å². The van der Waals surface area contributed by atoms with Crippen LogP contribution in [-0.2, 0) is 9.63 Å². The maximum atomic E-state index is 12.5. The van der Waals surface area contributed by atoms with Crippen LogP contribution in [-0.4, -0.2) is 24.1 Å². The molecule has 29 heavy (non-hydrogen) atoms. The van der Waals surface area contributed by atoms with Crippen LogP contribution in [0.15, 0.2) is 51.4 Å². The van der Waals surface area contributed by atoms with Crippen molar-refractivity contribution in [1.82, 2.24) is 5.32 Å². The fraction of sp³-hybridized carbons (Fsp3) is 0.286. The second-order valence-corrected chi connectivity index (χ2v) is 8.49. The third kappa shape index (κ3) is 6.20. The number of hydrogen-bond acceptors (Lipinski definition) is 7. The van der Waals surface area contributed by atoms with Crippen molar-refractivity contribution in [1.29, 1.82) is 0 Å². The van der Waals surface area contributed by atoms with Crippen molar-refractivity contribution in [2.75, 3.05) is 5.75 Å². The third-order valence-corrected chi connectivity index (χ3v) is 6.27. The Hall–Kier alpha value is -2.58. The predicted molar refractivity (Wildman–Crippen MR) is 126 cm³/mol. The Morgan fingerprint density at radius 2 is 2.28 bits per heavy atom. The van der Waals surface area contributed by atoms with E-state index in [9.17, 15) is 4.79 Å². The molecule has 1 aliphatic heterocycles. The van der Waals surface area contributed by atoms with Crippen molar-refractivity contribution in [3.05, 3.63) is 56.5 Å². The van der Waals surface area contributed by atoms with E-state index in [-0.39, 0.29) is 5.91 Å². The lowest BCUT2D eigenvalue weighted by molar-refractivity contribution is -0.116. The molecule has 6 nitrogen and oxygen atoms in total. The van der Waals surface area contributed by atoms with Gasteiger partial charge in [-0.05, 0) is 49.8 Å². The number of amides is 1. The lowest BCUT2D eigenvalue weighted by Gasteiger charge is -2.09. The number of thioether (sulfide) groups is 1. The number of oxime groups is 1. The zero-order chi connectivity index (χ0) is 21.4. The molecule has 2 rings (SSSR count). The SMILES string of the molecule is C=C(O/N=C\C)c1cc(C)c(C2=CC=C(NC(=O)/C(SCC)=C(\C)N)N=CC2)s1. The van der Waals surface area contributed by atoms with E-state index in [2.05, 4.69) is 22.0 Å². The summed E-state index contributed by atoms with van der Waals surface area (Å²) in [5.41, 5.74) is 8.56. The molecular formula is C21H26N4O2S2. The summed E-state index contributed by atoms with van der Waals surface area (Å²) >= 11 is 3.01. The van der Waals surface area contributed by atoms with Crippen LogP contribution in [0.4, 0.5) is 0 Å². The van der Waals surface area contributed by atoms with Gasteiger partial charge in [-0.15, -0.1) is 23.1 Å². The minimum atomic E-state index is -0.239. The van der Waals surface area contributed by atoms with E-state index in [4.69, 9.17) is 10.6 Å². The van der Waals surface area contributed by atoms with Crippen molar-refractivity contribution in [2.45, 2.75) is 34.1 Å². The molecule has 1 aromatic heterocycles. The van der Waals surface area contributed by atoms with Crippen molar-refractivity contribution in [3.8, 4) is 0 Å². The second-order valence-electron chi connectivity index (χ2n) is 6.16. The highest BCUT2D eigenvalue weighted by molar-refractivity contribution is 8.04. The maximum absolute atomic E-state index is 12.5. The Morgan fingerprint density at radius 1 is 1.52 bits per heavy atom. The van der Waals surface area contributed by atoms with E-state index in [1.807, 2.05) is 32.1 Å². The lowest BCUT2D eigenvalue weighted by Crippen LogP contribution is -2.24. The highest BCUT2D eigenvalue weighted by Crippen LogP contribution is 2.34. The number of nitrogens with one attached hydrogen (secondary N) is 1. The molecule has 1 aromatic rings. The summed E-state index contributed by atoms with van der Waals surface area (Å²) < 4.78 is 0. The third-order valence-electron chi connectivity index (χ3n) is 3.83. The molecule has 0 aromatic carbocycles. The van der Waals surface area contributed by atoms with Gasteiger partial charge in [0.25, 0.3) is 5.91 Å². The van der Waals surface area contributed by atoms with E-state index >= 15 is 0 Å². The molecule has 0 saturated heterocycles. The Balaban J connectivity index is 2.21. The van der Waals surface area contributed by atoms with Gasteiger partial charge in [0.1, 0.15) is 5.82 Å². The molecule has 154 valence electrons. The van der Waals surface area contributed by atoms with Gasteiger partial charge in [-0.2, -0.15) is 0 Å². The van der Waals surface area contributed by atoms with Crippen molar-refractivity contribution < 1.29 is 9.63 Å². The van der Waals surface area contributed by atoms with Crippen molar-refractivity contribution in [2.24, 2.45) is 15.9 Å². The highest BCUT2D eigenvalue weighted by atomic mass is 32.2. The molecule has 0 saturated carbocycles. The molecule has 0 radical (unpaired) electrons. The molecule has 0 unspecified atom stereocenters. The first-order valence-corrected chi connectivity index (χ1v) is 11.0. The predicted octanol–water partition coefficient (Wildman–Crippen LogP) is 4.81. The van der Waals surface area contributed by atoms with Gasteiger partial charge in [0.05, 0.1) is 9.78 Å². The van der Waals surface area contributed by atoms with Crippen LogP contribution in [0.25, 0.3) is 11.3 Å². The number of hydrogen-bond donors (Lipinski definition) is 2. The molecule has 0 aliphatic carbocycles. The molecule has 1 aliphatic rings. The molecule has 3 N–H and O–H groups in total. The smallest absolute Gasteiger partial charge is 0.264 e. The molecule has 1 amide bonds. The summed E-state index contributed by atoms with van der Waals surface area (Å²) in [6, 6.07) is 2.03. The minimum Gasteiger partial charge on any atom is -0.401 e. The number of nitrogens with zero attached hydrogens (tertiary/aromatic N) is 2. The van der Waals surface area contributed by atoms with Crippen LogP contribution in [0.3, 0.4) is 0 Å². The normalized spacial score (nSPS) is 14.8. The summed E-state index contributed by atoms with van der Waals surface area (Å²) in [7, 11) is 0. The number of aryl methyl sites for hydroxylation is 1. The van der Waals surface area contributed by atoms with Crippen LogP contribution in [0.2, 0.25) is 0 Å². The Morgan fingerprint density at radius 3 is 2.93 bits per heavy atom. The highest BCUT2D eigenvalue weighted by Gasteiger charge is 2.16. The zero-order valence-corrected chi connectivity index (χ0v) is 18.7. The largest absolute Gasteiger partial charge is 0.401 e. The Bertz CT molecular complexity index is 932. The molecular weight excluding hydrogens is 404 g/mol. The summed E-state index contributed by atoms with van der Waals surface area (Å²) in [6.45, 7) is 11.5. The van der Waals surface area contributed by atoms with Crippen LogP contribution >= 0.6 is 23.1 Å². The van der Waals surface area contributed by atoms with Gasteiger partial charge in [0.2, 0.25) is 0 Å². The molecule has 0 fully saturated rings. The van der Waals surface area contributed by atoms with E-state index in [0.717, 1.165) is 26.6 Å². The monoisotopic (exact) mass is 430 g/mol. The quantitative estimate of drug-likeness (QED) is 0.268. The fourth-order valence-corrected chi connectivity index (χ4v) is 4.36. The van der Waals surface area contributed by atoms with Gasteiger partial charge in [-0.25, -0.2) is 4.99 Å². The molecule has 0 atom stereocenters. The summed E-state index contributed by atoms with van der Waals surface area (Å²) in [6.07, 6.45) is 7.80. The first-order valence-electron chi connectivity index (χ1n) is 9.16. The van der Waals surface area contributed by atoms with Gasteiger partial charge in [-0.1, -0.05) is 24.7 Å². The van der Waals surface area contributed by atoms with E-state index < -0.39 is 0 Å². The minimum absolute atomic E-state index is 0.239. The summed E-state index contributed by atoms with van der Waals surface area (Å²) in [5, 5.41) is 6.61. The second kappa shape index (κ2) is 10.8. The van der Waals surface area contributed by atoms with Crippen molar-refractivity contribution in [3.63, 3.8) is 0 Å². The lowest BCUT2D eigenvalue weighted by atomic mass is 10.1. The van der Waals surface area contributed by atoms with Crippen LogP contribution < -0.4 is 11.1 Å². The van der Waals surface area contributed by atoms with Crippen molar-refractivity contribution >= 4 is 52.8 Å². The van der Waals surface area contributed by atoms with Gasteiger partial charge < -0.3 is 15.9 Å². The first-order chi connectivity index (χ1) is 13.9. The van der Waals surface area contributed by atoms with Gasteiger partial charge in [0, 0.05) is 29.4 Å². The maximum Gasteiger partial charge on any atom is 0.264 e. The topological polar surface area (TPSA) is 89.1 Å². The standard InChI is InChI=1S/C21H26N4O2S2/c1-6-24-27-15(5)17-12-13(3)19(29-17)16-8-9-18(23-11-10-16)25-21(26)20(14(4)22)28-7-2/h6,8-9,11-12H,5,7,10,22H2,1-4H3,(H,25,26)/b20-14-,24-6-. The Labute approximate surface area is 180 Å². The number of nitrogens with two attached hydrogens (primary N) is 1. The van der Waals surface area contributed by atoms with E-state index in [0.29, 0.717) is 28.6 Å². The molecule has 8 heteroatoms. The zero-order valence-electron chi connectivity index (χ0n) is 17.1. The van der Waals surface area contributed by atoms with Gasteiger partial charge in [-0.3, -0.25) is 4.79 Å². The number of allylic oxidation sites excluding steroid dienone is 4. The molecule has 0 spiro atoms. The van der Waals surface area contributed by atoms with Crippen LogP contribution in [0.1, 0.15) is 42.5 Å².